The second-order valence-electron chi connectivity index (χ2n) is 6.84. The summed E-state index contributed by atoms with van der Waals surface area (Å²) < 4.78 is 38.2. The Labute approximate surface area is 165 Å². The first kappa shape index (κ1) is 22.1. The molecule has 0 radical (unpaired) electrons. The molecule has 1 aliphatic rings. The van der Waals surface area contributed by atoms with E-state index < -0.39 is 11.7 Å². The molecule has 0 spiro atoms. The predicted octanol–water partition coefficient (Wildman–Crippen LogP) is 3.49. The van der Waals surface area contributed by atoms with Crippen molar-refractivity contribution >= 4 is 5.96 Å². The summed E-state index contributed by atoms with van der Waals surface area (Å²) in [4.78, 5) is 6.91. The van der Waals surface area contributed by atoms with E-state index in [1.54, 1.807) is 6.07 Å². The lowest BCUT2D eigenvalue weighted by Gasteiger charge is -2.32. The number of aliphatic imine (C=N–C) groups is 1. The maximum atomic E-state index is 12.7. The topological polar surface area (TPSA) is 39.7 Å². The van der Waals surface area contributed by atoms with Gasteiger partial charge in [0.15, 0.2) is 5.96 Å². The zero-order chi connectivity index (χ0) is 20.4. The van der Waals surface area contributed by atoms with E-state index in [4.69, 9.17) is 0 Å². The molecule has 1 aromatic carbocycles. The molecule has 154 valence electrons. The SMILES string of the molecule is CCCN1CCC(NC(=NCC#Cc2cccc(C(F)(F)F)c2)NCC)CC1. The van der Waals surface area contributed by atoms with E-state index in [0.717, 1.165) is 51.2 Å². The van der Waals surface area contributed by atoms with Crippen LogP contribution in [0.15, 0.2) is 29.3 Å². The monoisotopic (exact) mass is 394 g/mol. The molecule has 0 atom stereocenters. The Morgan fingerprint density at radius 1 is 1.25 bits per heavy atom. The van der Waals surface area contributed by atoms with Gasteiger partial charge in [-0.1, -0.05) is 24.8 Å². The fourth-order valence-electron chi connectivity index (χ4n) is 3.16. The summed E-state index contributed by atoms with van der Waals surface area (Å²) in [6.45, 7) is 8.46. The lowest BCUT2D eigenvalue weighted by atomic mass is 10.1. The summed E-state index contributed by atoms with van der Waals surface area (Å²) in [5, 5.41) is 6.65. The summed E-state index contributed by atoms with van der Waals surface area (Å²) in [6, 6.07) is 5.42. The summed E-state index contributed by atoms with van der Waals surface area (Å²) in [7, 11) is 0. The molecule has 28 heavy (non-hydrogen) atoms. The summed E-state index contributed by atoms with van der Waals surface area (Å²) in [5.41, 5.74) is -0.349. The number of rotatable bonds is 5. The molecule has 0 aliphatic carbocycles. The number of halogens is 3. The Morgan fingerprint density at radius 2 is 2.00 bits per heavy atom. The lowest BCUT2D eigenvalue weighted by Crippen LogP contribution is -2.48. The van der Waals surface area contributed by atoms with Gasteiger partial charge in [-0.15, -0.1) is 0 Å². The molecule has 1 heterocycles. The van der Waals surface area contributed by atoms with Crippen LogP contribution in [0.25, 0.3) is 0 Å². The maximum absolute atomic E-state index is 12.7. The molecule has 0 amide bonds. The van der Waals surface area contributed by atoms with Crippen molar-refractivity contribution in [1.82, 2.24) is 15.5 Å². The van der Waals surface area contributed by atoms with Gasteiger partial charge in [0, 0.05) is 31.2 Å². The van der Waals surface area contributed by atoms with Crippen LogP contribution >= 0.6 is 0 Å². The van der Waals surface area contributed by atoms with Crippen molar-refractivity contribution in [3.63, 3.8) is 0 Å². The van der Waals surface area contributed by atoms with E-state index in [2.05, 4.69) is 39.3 Å². The van der Waals surface area contributed by atoms with Crippen LogP contribution in [0, 0.1) is 11.8 Å². The number of benzene rings is 1. The number of alkyl halides is 3. The van der Waals surface area contributed by atoms with Crippen LogP contribution in [-0.4, -0.2) is 49.6 Å². The van der Waals surface area contributed by atoms with E-state index in [1.165, 1.54) is 12.5 Å². The van der Waals surface area contributed by atoms with Crippen molar-refractivity contribution < 1.29 is 13.2 Å². The molecule has 0 aromatic heterocycles. The van der Waals surface area contributed by atoms with Gasteiger partial charge in [-0.2, -0.15) is 13.2 Å². The lowest BCUT2D eigenvalue weighted by molar-refractivity contribution is -0.137. The van der Waals surface area contributed by atoms with E-state index >= 15 is 0 Å². The second-order valence-corrected chi connectivity index (χ2v) is 6.84. The average Bonchev–Trinajstić information content (AvgIpc) is 2.67. The molecule has 0 unspecified atom stereocenters. The van der Waals surface area contributed by atoms with Crippen LogP contribution in [0.5, 0.6) is 0 Å². The minimum absolute atomic E-state index is 0.222. The normalized spacial score (nSPS) is 16.4. The molecular weight excluding hydrogens is 365 g/mol. The van der Waals surface area contributed by atoms with Gasteiger partial charge in [-0.05, 0) is 50.9 Å². The van der Waals surface area contributed by atoms with Crippen molar-refractivity contribution in [2.24, 2.45) is 4.99 Å². The number of nitrogens with zero attached hydrogens (tertiary/aromatic N) is 2. The number of guanidine groups is 1. The summed E-state index contributed by atoms with van der Waals surface area (Å²) >= 11 is 0. The zero-order valence-electron chi connectivity index (χ0n) is 16.6. The molecule has 0 bridgehead atoms. The highest BCUT2D eigenvalue weighted by atomic mass is 19.4. The fourth-order valence-corrected chi connectivity index (χ4v) is 3.16. The molecule has 7 heteroatoms. The van der Waals surface area contributed by atoms with Crippen molar-refractivity contribution in [2.45, 2.75) is 45.3 Å². The molecular formula is C21H29F3N4. The van der Waals surface area contributed by atoms with Gasteiger partial charge in [0.2, 0.25) is 0 Å². The Morgan fingerprint density at radius 3 is 2.64 bits per heavy atom. The van der Waals surface area contributed by atoms with Gasteiger partial charge in [0.1, 0.15) is 6.54 Å². The van der Waals surface area contributed by atoms with Crippen molar-refractivity contribution in [3.05, 3.63) is 35.4 Å². The van der Waals surface area contributed by atoms with Gasteiger partial charge in [-0.25, -0.2) is 4.99 Å². The van der Waals surface area contributed by atoms with Crippen molar-refractivity contribution in [1.29, 1.82) is 0 Å². The third-order valence-electron chi connectivity index (χ3n) is 4.55. The third kappa shape index (κ3) is 7.43. The predicted molar refractivity (Wildman–Crippen MR) is 107 cm³/mol. The Kier molecular flexibility index (Phi) is 8.65. The van der Waals surface area contributed by atoms with Gasteiger partial charge >= 0.3 is 6.18 Å². The maximum Gasteiger partial charge on any atom is 0.416 e. The third-order valence-corrected chi connectivity index (χ3v) is 4.55. The van der Waals surface area contributed by atoms with E-state index in [9.17, 15) is 13.2 Å². The second kappa shape index (κ2) is 11.0. The summed E-state index contributed by atoms with van der Waals surface area (Å²) in [5.74, 6) is 6.30. The number of hydrogen-bond donors (Lipinski definition) is 2. The Bertz CT molecular complexity index is 696. The van der Waals surface area contributed by atoms with Crippen LogP contribution in [0.2, 0.25) is 0 Å². The van der Waals surface area contributed by atoms with Crippen molar-refractivity contribution in [2.75, 3.05) is 32.7 Å². The highest BCUT2D eigenvalue weighted by molar-refractivity contribution is 5.80. The Balaban J connectivity index is 1.91. The van der Waals surface area contributed by atoms with E-state index in [0.29, 0.717) is 17.6 Å². The quantitative estimate of drug-likeness (QED) is 0.456. The van der Waals surface area contributed by atoms with Crippen LogP contribution in [0.1, 0.15) is 44.2 Å². The largest absolute Gasteiger partial charge is 0.416 e. The first-order valence-corrected chi connectivity index (χ1v) is 9.85. The Hall–Kier alpha value is -2.20. The first-order chi connectivity index (χ1) is 13.4. The standard InChI is InChI=1S/C21H29F3N4/c1-3-13-28-14-10-19(11-15-28)27-20(25-4-2)26-12-6-8-17-7-5-9-18(16-17)21(22,23)24/h5,7,9,16,19H,3-4,10-15H2,1-2H3,(H2,25,26,27). The van der Waals surface area contributed by atoms with Gasteiger partial charge in [0.05, 0.1) is 5.56 Å². The number of nitrogens with one attached hydrogen (secondary N) is 2. The molecule has 4 nitrogen and oxygen atoms in total. The fraction of sp³-hybridized carbons (Fsp3) is 0.571. The van der Waals surface area contributed by atoms with Crippen LogP contribution in [-0.2, 0) is 6.18 Å². The van der Waals surface area contributed by atoms with Crippen molar-refractivity contribution in [3.8, 4) is 11.8 Å². The molecule has 2 N–H and O–H groups in total. The van der Waals surface area contributed by atoms with Gasteiger partial charge in [-0.3, -0.25) is 0 Å². The molecule has 1 fully saturated rings. The minimum Gasteiger partial charge on any atom is -0.357 e. The van der Waals surface area contributed by atoms with Gasteiger partial charge in [0.25, 0.3) is 0 Å². The molecule has 1 aromatic rings. The van der Waals surface area contributed by atoms with E-state index in [-0.39, 0.29) is 6.54 Å². The highest BCUT2D eigenvalue weighted by Gasteiger charge is 2.30. The van der Waals surface area contributed by atoms with Crippen LogP contribution < -0.4 is 10.6 Å². The molecule has 0 saturated carbocycles. The molecule has 1 saturated heterocycles. The number of hydrogen-bond acceptors (Lipinski definition) is 2. The van der Waals surface area contributed by atoms with Crippen LogP contribution in [0.3, 0.4) is 0 Å². The number of likely N-dealkylation sites (tertiary alicyclic amines) is 1. The number of piperidine rings is 1. The minimum atomic E-state index is -4.36. The van der Waals surface area contributed by atoms with Crippen LogP contribution in [0.4, 0.5) is 13.2 Å². The smallest absolute Gasteiger partial charge is 0.357 e. The average molecular weight is 394 g/mol. The first-order valence-electron chi connectivity index (χ1n) is 9.85. The zero-order valence-corrected chi connectivity index (χ0v) is 16.6. The highest BCUT2D eigenvalue weighted by Crippen LogP contribution is 2.29. The van der Waals surface area contributed by atoms with E-state index in [1.807, 2.05) is 6.92 Å². The van der Waals surface area contributed by atoms with Gasteiger partial charge < -0.3 is 15.5 Å². The molecule has 1 aliphatic heterocycles. The molecule has 2 rings (SSSR count). The summed E-state index contributed by atoms with van der Waals surface area (Å²) in [6.07, 6.45) is -1.04.